The number of fused-ring (bicyclic) bond motifs is 7. The predicted octanol–water partition coefficient (Wildman–Crippen LogP) is 26.2. The average molecular weight is 1710 g/mol. The van der Waals surface area contributed by atoms with Crippen LogP contribution in [0.4, 0.5) is 4.79 Å². The van der Waals surface area contributed by atoms with Gasteiger partial charge in [-0.05, 0) is 235 Å². The molecule has 0 aliphatic heterocycles. The van der Waals surface area contributed by atoms with E-state index < -0.39 is 6.09 Å². The van der Waals surface area contributed by atoms with Gasteiger partial charge in [0.05, 0.1) is 52.3 Å². The lowest BCUT2D eigenvalue weighted by molar-refractivity contribution is -0.133. The van der Waals surface area contributed by atoms with Crippen LogP contribution < -0.4 is 21.7 Å². The molecule has 5 N–H and O–H groups in total. The molecule has 114 heavy (non-hydrogen) atoms. The Kier molecular flexibility index (Phi) is 32.6. The molecule has 3 amide bonds. The molecular weight excluding hydrogens is 1610 g/mol. The van der Waals surface area contributed by atoms with Crippen LogP contribution in [0.25, 0.3) is 11.1 Å². The van der Waals surface area contributed by atoms with E-state index in [1.807, 2.05) is 123 Å². The first-order valence-corrected chi connectivity index (χ1v) is 42.7. The van der Waals surface area contributed by atoms with Gasteiger partial charge in [-0.3, -0.25) is 9.59 Å². The molecule has 19 heteroatoms. The van der Waals surface area contributed by atoms with Crippen molar-refractivity contribution in [2.24, 2.45) is 5.73 Å². The van der Waals surface area contributed by atoms with Crippen molar-refractivity contribution in [3.63, 3.8) is 0 Å². The molecule has 5 aliphatic rings. The molecule has 0 spiro atoms. The Morgan fingerprint density at radius 1 is 0.368 bits per heavy atom. The van der Waals surface area contributed by atoms with Crippen molar-refractivity contribution >= 4 is 123 Å². The minimum Gasteiger partial charge on any atom is -0.449 e. The Morgan fingerprint density at radius 2 is 0.675 bits per heavy atom. The minimum atomic E-state index is -0.400. The second-order valence-electron chi connectivity index (χ2n) is 30.1. The number of ether oxygens (including phenoxy) is 1. The second kappa shape index (κ2) is 42.3. The highest BCUT2D eigenvalue weighted by atomic mass is 35.5. The van der Waals surface area contributed by atoms with Gasteiger partial charge in [0.15, 0.2) is 0 Å². The van der Waals surface area contributed by atoms with Gasteiger partial charge in [-0.2, -0.15) is 0 Å². The number of carbonyl (C=O) groups is 3. The Balaban J connectivity index is 0.000000159. The van der Waals surface area contributed by atoms with Crippen LogP contribution in [0.15, 0.2) is 218 Å². The molecule has 10 aromatic carbocycles. The van der Waals surface area contributed by atoms with Gasteiger partial charge >= 0.3 is 6.09 Å². The molecule has 10 nitrogen and oxygen atoms in total. The molecule has 0 radical (unpaired) electrons. The van der Waals surface area contributed by atoms with Crippen molar-refractivity contribution in [3.8, 4) is 11.1 Å². The first-order valence-electron chi connectivity index (χ1n) is 39.7. The number of benzene rings is 10. The summed E-state index contributed by atoms with van der Waals surface area (Å²) < 4.78 is 5.64. The van der Waals surface area contributed by atoms with E-state index in [0.29, 0.717) is 96.6 Å². The average Bonchev–Trinajstić information content (AvgIpc) is 1.56. The number of hydrogen-bond acceptors (Lipinski definition) is 7. The van der Waals surface area contributed by atoms with Crippen LogP contribution >= 0.6 is 105 Å². The SMILES string of the molecule is CN(C(=O)CCCCCN)[C@H]1CC[C@@H](c2ccc(Cl)c(Cl)c2)c2ccccc21.CN(C(=O)CCCCCNC(=O)OCC1c2ccccc2-c2ccccc21)[C@H]1CC[C@@H](c2ccc(Cl)c(Cl)c2)c2ccccc21.CN[C@H]1CC[C@@H](c2ccc(Cl)c(Cl)c2)c2ccccc21.CN[C@H]1CC[C@@H](c2ccc(Cl)c(Cl)c2)c2ccccc21.Cl. The minimum absolute atomic E-state index is 0. The van der Waals surface area contributed by atoms with Crippen molar-refractivity contribution in [3.05, 3.63) is 336 Å². The molecule has 0 bridgehead atoms. The Bertz CT molecular complexity index is 4770. The van der Waals surface area contributed by atoms with Crippen LogP contribution in [0.3, 0.4) is 0 Å². The molecule has 10 aromatic rings. The van der Waals surface area contributed by atoms with Gasteiger partial charge in [-0.15, -0.1) is 12.4 Å². The highest BCUT2D eigenvalue weighted by molar-refractivity contribution is 6.43. The van der Waals surface area contributed by atoms with Gasteiger partial charge in [-0.25, -0.2) is 4.79 Å². The summed E-state index contributed by atoms with van der Waals surface area (Å²) in [7, 11) is 7.91. The zero-order valence-corrected chi connectivity index (χ0v) is 71.8. The molecule has 0 fully saturated rings. The van der Waals surface area contributed by atoms with E-state index in [9.17, 15) is 14.4 Å². The van der Waals surface area contributed by atoms with Gasteiger partial charge in [0.2, 0.25) is 11.8 Å². The zero-order chi connectivity index (χ0) is 79.7. The van der Waals surface area contributed by atoms with Crippen LogP contribution in [0.1, 0.15) is 234 Å². The standard InChI is InChI=1S/C38H38Cl2N2O3.C23H28Cl2N2O.2C17H17Cl2N.ClH/c1-42(36-21-19-26(27-11-8-9-16-32(27)36)25-18-20-34(39)35(40)23-25)37(43)17-3-2-10-22-41-38(44)45-24-33-30-14-6-4-12-28(30)29-13-5-7-15-31(29)33;1-27(23(28)9-3-2-6-14-26)22-13-11-17(18-7-4-5-8-19(18)22)16-10-12-20(24)21(25)15-16;2*1-20-17-9-7-12(13-4-2-3-5-14(13)17)11-6-8-15(18)16(19)10-11;/h4-9,11-16,18,20,23,26,33,36H,2-3,10,17,19,21-22,24H2,1H3,(H,41,44);4-5,7-8,10,12,15,17,22H,2-3,6,9,11,13-14,26H2,1H3;2*2-6,8,10,12,17,20H,7,9H2,1H3;1H/t26-,36-;17-,22-;2*12-,17-;/m0000./s1. The van der Waals surface area contributed by atoms with Crippen LogP contribution in [0.2, 0.25) is 40.2 Å². The van der Waals surface area contributed by atoms with E-state index in [-0.39, 0.29) is 54.1 Å². The first kappa shape index (κ1) is 87.7. The number of amides is 3. The monoisotopic (exact) mass is 1700 g/mol. The number of alkyl carbamates (subject to hydrolysis) is 1. The van der Waals surface area contributed by atoms with E-state index in [1.54, 1.807) is 0 Å². The third-order valence-electron chi connectivity index (χ3n) is 23.5. The summed E-state index contributed by atoms with van der Waals surface area (Å²) in [5.41, 5.74) is 25.7. The number of halogens is 9. The summed E-state index contributed by atoms with van der Waals surface area (Å²) >= 11 is 49.2. The van der Waals surface area contributed by atoms with Gasteiger partial charge in [0.25, 0.3) is 0 Å². The normalized spacial score (nSPS) is 18.7. The molecule has 0 unspecified atom stereocenters. The number of nitrogens with two attached hydrogens (primary N) is 1. The van der Waals surface area contributed by atoms with Gasteiger partial charge in [0, 0.05) is 75.2 Å². The van der Waals surface area contributed by atoms with Crippen LogP contribution in [0.5, 0.6) is 0 Å². The van der Waals surface area contributed by atoms with Crippen LogP contribution in [0, 0.1) is 0 Å². The van der Waals surface area contributed by atoms with Crippen molar-refractivity contribution in [2.45, 2.75) is 156 Å². The second-order valence-corrected chi connectivity index (χ2v) is 33.4. The van der Waals surface area contributed by atoms with E-state index in [4.69, 9.17) is 103 Å². The largest absolute Gasteiger partial charge is 0.449 e. The Hall–Kier alpha value is -7.10. The van der Waals surface area contributed by atoms with Crippen LogP contribution in [-0.2, 0) is 14.3 Å². The molecule has 8 atom stereocenters. The maximum absolute atomic E-state index is 13.2. The summed E-state index contributed by atoms with van der Waals surface area (Å²) in [5.74, 6) is 1.72. The molecule has 598 valence electrons. The van der Waals surface area contributed by atoms with Gasteiger partial charge in [0.1, 0.15) is 6.61 Å². The van der Waals surface area contributed by atoms with Crippen molar-refractivity contribution in [1.82, 2.24) is 25.8 Å². The number of rotatable bonds is 21. The summed E-state index contributed by atoms with van der Waals surface area (Å²) in [5, 5.41) is 14.5. The summed E-state index contributed by atoms with van der Waals surface area (Å²) in [4.78, 5) is 42.2. The van der Waals surface area contributed by atoms with Crippen molar-refractivity contribution in [1.29, 1.82) is 0 Å². The Labute approximate surface area is 719 Å². The molecule has 0 heterocycles. The highest BCUT2D eigenvalue weighted by Gasteiger charge is 2.36. The lowest BCUT2D eigenvalue weighted by Gasteiger charge is -2.37. The summed E-state index contributed by atoms with van der Waals surface area (Å²) in [6.45, 7) is 1.52. The number of nitrogens with zero attached hydrogens (tertiary/aromatic N) is 2. The molecule has 0 saturated carbocycles. The van der Waals surface area contributed by atoms with Crippen molar-refractivity contribution < 1.29 is 19.1 Å². The number of hydrogen-bond donors (Lipinski definition) is 4. The summed E-state index contributed by atoms with van der Waals surface area (Å²) in [6.07, 6.45) is 14.2. The fourth-order valence-corrected chi connectivity index (χ4v) is 18.8. The summed E-state index contributed by atoms with van der Waals surface area (Å²) in [6, 6.07) is 75.7. The molecule has 15 rings (SSSR count). The maximum atomic E-state index is 13.2. The Morgan fingerprint density at radius 3 is 1.02 bits per heavy atom. The molecule has 0 aromatic heterocycles. The van der Waals surface area contributed by atoms with Crippen molar-refractivity contribution in [2.75, 3.05) is 47.9 Å². The molecule has 5 aliphatic carbocycles. The van der Waals surface area contributed by atoms with E-state index in [0.717, 1.165) is 95.5 Å². The predicted molar refractivity (Wildman–Crippen MR) is 477 cm³/mol. The topological polar surface area (TPSA) is 129 Å². The van der Waals surface area contributed by atoms with E-state index in [2.05, 4.69) is 149 Å². The smallest absolute Gasteiger partial charge is 0.407 e. The quantitative estimate of drug-likeness (QED) is 0.0528. The number of carbonyl (C=O) groups excluding carboxylic acids is 3. The van der Waals surface area contributed by atoms with Gasteiger partial charge < -0.3 is 36.2 Å². The fourth-order valence-electron chi connectivity index (χ4n) is 17.5. The lowest BCUT2D eigenvalue weighted by atomic mass is 9.76. The third kappa shape index (κ3) is 21.2. The lowest BCUT2D eigenvalue weighted by Crippen LogP contribution is -2.34. The molecular formula is C95H101Cl9N6O4. The van der Waals surface area contributed by atoms with E-state index >= 15 is 0 Å². The van der Waals surface area contributed by atoms with E-state index in [1.165, 1.54) is 83.5 Å². The number of nitrogens with one attached hydrogen (secondary N) is 3. The number of unbranched alkanes of at least 4 members (excludes halogenated alkanes) is 4. The van der Waals surface area contributed by atoms with Crippen LogP contribution in [-0.4, -0.2) is 75.6 Å². The first-order chi connectivity index (χ1) is 54.8. The third-order valence-corrected chi connectivity index (χ3v) is 26.4. The maximum Gasteiger partial charge on any atom is 0.407 e. The fraction of sp³-hybridized carbons (Fsp3) is 0.337. The molecule has 0 saturated heterocycles. The van der Waals surface area contributed by atoms with Gasteiger partial charge in [-0.1, -0.05) is 276 Å². The highest BCUT2D eigenvalue weighted by Crippen LogP contribution is 2.50. The zero-order valence-electron chi connectivity index (χ0n) is 65.0.